The first kappa shape index (κ1) is 25.1. The summed E-state index contributed by atoms with van der Waals surface area (Å²) in [5.41, 5.74) is 10.8. The fourth-order valence-electron chi connectivity index (χ4n) is 4.47. The Morgan fingerprint density at radius 3 is 2.48 bits per heavy atom. The Labute approximate surface area is 232 Å². The molecule has 0 bridgehead atoms. The summed E-state index contributed by atoms with van der Waals surface area (Å²) in [5.74, 6) is 1.14. The van der Waals surface area contributed by atoms with Gasteiger partial charge in [-0.1, -0.05) is 30.3 Å². The zero-order valence-corrected chi connectivity index (χ0v) is 22.3. The lowest BCUT2D eigenvalue weighted by atomic mass is 10.0. The minimum absolute atomic E-state index is 0.126. The molecule has 0 aliphatic heterocycles. The van der Waals surface area contributed by atoms with E-state index >= 15 is 0 Å². The van der Waals surface area contributed by atoms with Crippen LogP contribution in [0.25, 0.3) is 38.2 Å². The fraction of sp³-hybridized carbons (Fsp3) is 0.107. The number of anilines is 2. The summed E-state index contributed by atoms with van der Waals surface area (Å²) in [6.45, 7) is 1.92. The van der Waals surface area contributed by atoms with Crippen molar-refractivity contribution >= 4 is 34.0 Å². The van der Waals surface area contributed by atoms with Gasteiger partial charge >= 0.3 is 6.01 Å². The summed E-state index contributed by atoms with van der Waals surface area (Å²) in [6.07, 6.45) is 6.66. The second-order valence-corrected chi connectivity index (χ2v) is 9.71. The molecule has 40 heavy (non-hydrogen) atoms. The molecule has 2 aromatic carbocycles. The zero-order valence-electron chi connectivity index (χ0n) is 21.5. The van der Waals surface area contributed by atoms with Crippen LogP contribution >= 0.6 is 11.3 Å². The highest BCUT2D eigenvalue weighted by atomic mass is 32.1. The molecule has 1 atom stereocenters. The molecule has 3 N–H and O–H groups in total. The minimum Gasteiger partial charge on any atom is -0.467 e. The number of methoxy groups -OCH3 is 1. The van der Waals surface area contributed by atoms with Crippen molar-refractivity contribution in [2.24, 2.45) is 0 Å². The molecule has 6 rings (SSSR count). The molecule has 0 fully saturated rings. The highest BCUT2D eigenvalue weighted by Gasteiger charge is 2.22. The number of hydrogen-bond donors (Lipinski definition) is 2. The monoisotopic (exact) mass is 549 g/mol. The van der Waals surface area contributed by atoms with Gasteiger partial charge in [0.25, 0.3) is 5.56 Å². The molecule has 4 heterocycles. The summed E-state index contributed by atoms with van der Waals surface area (Å²) in [7, 11) is 1.50. The maximum absolute atomic E-state index is 14.3. The van der Waals surface area contributed by atoms with Gasteiger partial charge in [0.2, 0.25) is 5.95 Å². The number of fused-ring (bicyclic) bond motifs is 1. The summed E-state index contributed by atoms with van der Waals surface area (Å²) >= 11 is 1.46. The quantitative estimate of drug-likeness (QED) is 0.291. The van der Waals surface area contributed by atoms with Gasteiger partial charge in [0, 0.05) is 30.4 Å². The van der Waals surface area contributed by atoms with Gasteiger partial charge in [-0.05, 0) is 30.7 Å². The number of nitrogen functional groups attached to an aromatic ring is 1. The van der Waals surface area contributed by atoms with E-state index in [1.807, 2.05) is 55.5 Å². The number of nitrogens with two attached hydrogens (primary N) is 1. The van der Waals surface area contributed by atoms with Crippen LogP contribution in [0.15, 0.2) is 83.6 Å². The highest BCUT2D eigenvalue weighted by molar-refractivity contribution is 7.13. The number of rotatable bonds is 7. The molecule has 6 aromatic rings. The van der Waals surface area contributed by atoms with E-state index in [1.165, 1.54) is 18.4 Å². The van der Waals surface area contributed by atoms with Crippen LogP contribution in [0.3, 0.4) is 0 Å². The van der Waals surface area contributed by atoms with Crippen molar-refractivity contribution < 1.29 is 4.74 Å². The van der Waals surface area contributed by atoms with Crippen LogP contribution in [-0.4, -0.2) is 41.6 Å². The van der Waals surface area contributed by atoms with E-state index < -0.39 is 6.04 Å². The molecule has 0 aliphatic rings. The molecule has 4 aromatic heterocycles. The molecular formula is C28H23N9O2S. The lowest BCUT2D eigenvalue weighted by molar-refractivity contribution is 0.380. The molecule has 0 spiro atoms. The van der Waals surface area contributed by atoms with Crippen molar-refractivity contribution in [3.8, 4) is 33.3 Å². The third-order valence-corrected chi connectivity index (χ3v) is 7.11. The first-order valence-corrected chi connectivity index (χ1v) is 13.2. The standard InChI is InChI=1S/C28H23N9O2S/c1-16(34-24-20(13-31-27(29)36-24)22-14-30-15-40-22)25-35-21-10-6-9-19(17-11-32-28(39-2)33-12-17)23(21)26(38)37(25)18-7-4-3-5-8-18/h3-16H,1-2H3,(H3,29,31,34,36)/t16-/m0/s1. The van der Waals surface area contributed by atoms with E-state index in [9.17, 15) is 4.79 Å². The lowest BCUT2D eigenvalue weighted by Gasteiger charge is -2.21. The van der Waals surface area contributed by atoms with E-state index in [4.69, 9.17) is 15.5 Å². The smallest absolute Gasteiger partial charge is 0.316 e. The number of benzene rings is 2. The number of hydrogen-bond acceptors (Lipinski definition) is 11. The number of para-hydroxylation sites is 1. The van der Waals surface area contributed by atoms with Gasteiger partial charge in [0.05, 0.1) is 45.7 Å². The first-order valence-electron chi connectivity index (χ1n) is 12.3. The predicted molar refractivity (Wildman–Crippen MR) is 155 cm³/mol. The number of thiazole rings is 1. The third kappa shape index (κ3) is 4.60. The van der Waals surface area contributed by atoms with E-state index in [2.05, 4.69) is 30.2 Å². The Morgan fingerprint density at radius 1 is 0.950 bits per heavy atom. The summed E-state index contributed by atoms with van der Waals surface area (Å²) in [6, 6.07) is 14.7. The van der Waals surface area contributed by atoms with Crippen LogP contribution in [-0.2, 0) is 0 Å². The van der Waals surface area contributed by atoms with E-state index in [-0.39, 0.29) is 17.5 Å². The minimum atomic E-state index is -0.453. The van der Waals surface area contributed by atoms with E-state index in [0.717, 1.165) is 10.4 Å². The van der Waals surface area contributed by atoms with Gasteiger partial charge in [-0.15, -0.1) is 11.3 Å². The van der Waals surface area contributed by atoms with Crippen molar-refractivity contribution in [1.29, 1.82) is 0 Å². The van der Waals surface area contributed by atoms with Gasteiger partial charge in [-0.2, -0.15) is 4.98 Å². The molecule has 0 aliphatic carbocycles. The van der Waals surface area contributed by atoms with E-state index in [1.54, 1.807) is 34.9 Å². The third-order valence-electron chi connectivity index (χ3n) is 6.31. The molecule has 11 nitrogen and oxygen atoms in total. The van der Waals surface area contributed by atoms with Crippen LogP contribution in [0.5, 0.6) is 6.01 Å². The first-order chi connectivity index (χ1) is 19.5. The second-order valence-electron chi connectivity index (χ2n) is 8.83. The molecule has 0 saturated carbocycles. The highest BCUT2D eigenvalue weighted by Crippen LogP contribution is 2.32. The van der Waals surface area contributed by atoms with Gasteiger partial charge in [-0.25, -0.2) is 19.9 Å². The summed E-state index contributed by atoms with van der Waals surface area (Å²) < 4.78 is 6.71. The molecular weight excluding hydrogens is 526 g/mol. The number of ether oxygens (including phenoxy) is 1. The average Bonchev–Trinajstić information content (AvgIpc) is 3.52. The second kappa shape index (κ2) is 10.5. The van der Waals surface area contributed by atoms with Crippen molar-refractivity contribution in [2.45, 2.75) is 13.0 Å². The van der Waals surface area contributed by atoms with Crippen LogP contribution < -0.4 is 21.3 Å². The van der Waals surface area contributed by atoms with Crippen molar-refractivity contribution in [2.75, 3.05) is 18.2 Å². The Balaban J connectivity index is 1.53. The Hall–Kier alpha value is -5.23. The molecule has 198 valence electrons. The van der Waals surface area contributed by atoms with Gasteiger partial charge < -0.3 is 15.8 Å². The maximum Gasteiger partial charge on any atom is 0.316 e. The van der Waals surface area contributed by atoms with Gasteiger partial charge in [0.15, 0.2) is 0 Å². The SMILES string of the molecule is COc1ncc(-c2cccc3nc([C@H](C)Nc4nc(N)ncc4-c4cncs4)n(-c4ccccc4)c(=O)c23)cn1. The van der Waals surface area contributed by atoms with Gasteiger partial charge in [0.1, 0.15) is 11.6 Å². The van der Waals surface area contributed by atoms with E-state index in [0.29, 0.717) is 39.4 Å². The van der Waals surface area contributed by atoms with Crippen molar-refractivity contribution in [3.63, 3.8) is 0 Å². The topological polar surface area (TPSA) is 147 Å². The summed E-state index contributed by atoms with van der Waals surface area (Å²) in [5, 5.41) is 3.86. The number of nitrogens with zero attached hydrogens (tertiary/aromatic N) is 7. The largest absolute Gasteiger partial charge is 0.467 e. The zero-order chi connectivity index (χ0) is 27.6. The Kier molecular flexibility index (Phi) is 6.58. The Bertz CT molecular complexity index is 1860. The number of nitrogens with one attached hydrogen (secondary N) is 1. The number of aromatic nitrogens is 7. The summed E-state index contributed by atoms with van der Waals surface area (Å²) in [4.78, 5) is 41.4. The average molecular weight is 550 g/mol. The molecule has 0 unspecified atom stereocenters. The van der Waals surface area contributed by atoms with Crippen LogP contribution in [0.4, 0.5) is 11.8 Å². The van der Waals surface area contributed by atoms with Gasteiger partial charge in [-0.3, -0.25) is 14.3 Å². The van der Waals surface area contributed by atoms with Crippen LogP contribution in [0.1, 0.15) is 18.8 Å². The molecule has 12 heteroatoms. The van der Waals surface area contributed by atoms with Crippen LogP contribution in [0.2, 0.25) is 0 Å². The predicted octanol–water partition coefficient (Wildman–Crippen LogP) is 4.52. The normalized spacial score (nSPS) is 11.8. The molecule has 0 saturated heterocycles. The maximum atomic E-state index is 14.3. The van der Waals surface area contributed by atoms with Crippen molar-refractivity contribution in [3.05, 3.63) is 95.0 Å². The van der Waals surface area contributed by atoms with Crippen LogP contribution in [0, 0.1) is 0 Å². The van der Waals surface area contributed by atoms with Crippen molar-refractivity contribution in [1.82, 2.24) is 34.5 Å². The fourth-order valence-corrected chi connectivity index (χ4v) is 5.10. The molecule has 0 radical (unpaired) electrons. The molecule has 0 amide bonds. The Morgan fingerprint density at radius 2 is 1.75 bits per heavy atom. The lowest BCUT2D eigenvalue weighted by Crippen LogP contribution is -2.28.